The number of phenols is 1. The second kappa shape index (κ2) is 6.52. The van der Waals surface area contributed by atoms with Crippen LogP contribution in [0.3, 0.4) is 0 Å². The number of amides is 1. The number of rotatable bonds is 5. The van der Waals surface area contributed by atoms with Crippen LogP contribution in [0.1, 0.15) is 29.3 Å². The number of aromatic nitrogens is 2. The Labute approximate surface area is 134 Å². The molecular formula is C18H19N3O2. The van der Waals surface area contributed by atoms with Gasteiger partial charge in [0.2, 0.25) is 0 Å². The molecule has 0 aliphatic rings. The molecular weight excluding hydrogens is 290 g/mol. The Morgan fingerprint density at radius 2 is 2.04 bits per heavy atom. The highest BCUT2D eigenvalue weighted by Gasteiger charge is 2.11. The van der Waals surface area contributed by atoms with Crippen molar-refractivity contribution in [1.29, 1.82) is 0 Å². The highest BCUT2D eigenvalue weighted by atomic mass is 16.3. The van der Waals surface area contributed by atoms with E-state index in [1.54, 1.807) is 30.5 Å². The molecule has 23 heavy (non-hydrogen) atoms. The highest BCUT2D eigenvalue weighted by molar-refractivity contribution is 5.95. The third kappa shape index (κ3) is 3.69. The maximum Gasteiger partial charge on any atom is 0.251 e. The van der Waals surface area contributed by atoms with Crippen molar-refractivity contribution in [1.82, 2.24) is 14.7 Å². The van der Waals surface area contributed by atoms with E-state index >= 15 is 0 Å². The summed E-state index contributed by atoms with van der Waals surface area (Å²) in [4.78, 5) is 16.5. The number of nitrogens with zero attached hydrogens (tertiary/aromatic N) is 2. The van der Waals surface area contributed by atoms with Crippen LogP contribution in [0.4, 0.5) is 0 Å². The van der Waals surface area contributed by atoms with E-state index in [1.165, 1.54) is 0 Å². The number of hydrogen-bond acceptors (Lipinski definition) is 3. The first-order valence-corrected chi connectivity index (χ1v) is 7.63. The zero-order valence-corrected chi connectivity index (χ0v) is 12.9. The molecule has 0 aliphatic heterocycles. The van der Waals surface area contributed by atoms with Crippen molar-refractivity contribution < 1.29 is 9.90 Å². The molecule has 5 nitrogen and oxygen atoms in total. The van der Waals surface area contributed by atoms with Gasteiger partial charge in [0.1, 0.15) is 11.4 Å². The standard InChI is InChI=1S/C18H19N3O2/c1-13(2-3-14-4-6-16(22)7-5-14)20-18(23)15-8-10-21-11-9-19-17(21)12-15/h4-13,22H,2-3H2,1H3,(H,20,23)/t13-/m0/s1. The van der Waals surface area contributed by atoms with E-state index < -0.39 is 0 Å². The Balaban J connectivity index is 1.57. The van der Waals surface area contributed by atoms with Gasteiger partial charge in [-0.25, -0.2) is 4.98 Å². The molecule has 3 rings (SSSR count). The van der Waals surface area contributed by atoms with Crippen molar-refractivity contribution in [3.8, 4) is 5.75 Å². The van der Waals surface area contributed by atoms with Crippen LogP contribution in [-0.4, -0.2) is 26.4 Å². The number of phenolic OH excluding ortho intramolecular Hbond substituents is 1. The van der Waals surface area contributed by atoms with Crippen molar-refractivity contribution in [2.24, 2.45) is 0 Å². The van der Waals surface area contributed by atoms with Gasteiger partial charge in [-0.1, -0.05) is 12.1 Å². The summed E-state index contributed by atoms with van der Waals surface area (Å²) in [5.74, 6) is 0.179. The predicted molar refractivity (Wildman–Crippen MR) is 88.5 cm³/mol. The van der Waals surface area contributed by atoms with Crippen molar-refractivity contribution in [3.63, 3.8) is 0 Å². The minimum Gasteiger partial charge on any atom is -0.508 e. The zero-order valence-electron chi connectivity index (χ0n) is 12.9. The number of imidazole rings is 1. The van der Waals surface area contributed by atoms with Crippen molar-refractivity contribution in [2.75, 3.05) is 0 Å². The van der Waals surface area contributed by atoms with Crippen LogP contribution >= 0.6 is 0 Å². The molecule has 0 saturated heterocycles. The molecule has 1 atom stereocenters. The number of hydrogen-bond donors (Lipinski definition) is 2. The first-order chi connectivity index (χ1) is 11.1. The van der Waals surface area contributed by atoms with Gasteiger partial charge in [-0.15, -0.1) is 0 Å². The van der Waals surface area contributed by atoms with E-state index in [9.17, 15) is 9.90 Å². The summed E-state index contributed by atoms with van der Waals surface area (Å²) in [6.07, 6.45) is 7.07. The third-order valence-corrected chi connectivity index (χ3v) is 3.84. The minimum atomic E-state index is -0.0892. The topological polar surface area (TPSA) is 66.6 Å². The molecule has 5 heteroatoms. The first kappa shape index (κ1) is 15.1. The second-order valence-electron chi connectivity index (χ2n) is 5.69. The van der Waals surface area contributed by atoms with E-state index in [4.69, 9.17) is 0 Å². The molecule has 0 fully saturated rings. The fourth-order valence-corrected chi connectivity index (χ4v) is 2.48. The lowest BCUT2D eigenvalue weighted by Gasteiger charge is -2.14. The van der Waals surface area contributed by atoms with Gasteiger partial charge in [-0.05, 0) is 49.6 Å². The molecule has 0 aliphatic carbocycles. The Morgan fingerprint density at radius 3 is 2.83 bits per heavy atom. The SMILES string of the molecule is C[C@@H](CCc1ccc(O)cc1)NC(=O)c1ccn2ccnc2c1. The lowest BCUT2D eigenvalue weighted by atomic mass is 10.1. The number of carbonyl (C=O) groups excluding carboxylic acids is 1. The van der Waals surface area contributed by atoms with E-state index in [1.807, 2.05) is 35.9 Å². The summed E-state index contributed by atoms with van der Waals surface area (Å²) in [5.41, 5.74) is 2.51. The number of nitrogens with one attached hydrogen (secondary N) is 1. The molecule has 0 radical (unpaired) electrons. The Hall–Kier alpha value is -2.82. The van der Waals surface area contributed by atoms with Crippen molar-refractivity contribution >= 4 is 11.6 Å². The number of pyridine rings is 1. The third-order valence-electron chi connectivity index (χ3n) is 3.84. The second-order valence-corrected chi connectivity index (χ2v) is 5.69. The average Bonchev–Trinajstić information content (AvgIpc) is 3.02. The lowest BCUT2D eigenvalue weighted by molar-refractivity contribution is 0.0938. The van der Waals surface area contributed by atoms with Gasteiger partial charge in [0.05, 0.1) is 0 Å². The molecule has 0 bridgehead atoms. The molecule has 0 unspecified atom stereocenters. The normalized spacial score (nSPS) is 12.2. The maximum atomic E-state index is 12.3. The van der Waals surface area contributed by atoms with Crippen LogP contribution in [-0.2, 0) is 6.42 Å². The highest BCUT2D eigenvalue weighted by Crippen LogP contribution is 2.12. The number of benzene rings is 1. The van der Waals surface area contributed by atoms with Crippen LogP contribution in [0, 0.1) is 0 Å². The molecule has 2 N–H and O–H groups in total. The quantitative estimate of drug-likeness (QED) is 0.761. The monoisotopic (exact) mass is 309 g/mol. The summed E-state index contributed by atoms with van der Waals surface area (Å²) in [6, 6.07) is 10.8. The number of aromatic hydroxyl groups is 1. The van der Waals surface area contributed by atoms with Gasteiger partial charge in [-0.3, -0.25) is 4.79 Å². The van der Waals surface area contributed by atoms with Crippen LogP contribution in [0.25, 0.3) is 5.65 Å². The fraction of sp³-hybridized carbons (Fsp3) is 0.222. The van der Waals surface area contributed by atoms with E-state index in [0.717, 1.165) is 24.1 Å². The van der Waals surface area contributed by atoms with Gasteiger partial charge in [-0.2, -0.15) is 0 Å². The van der Waals surface area contributed by atoms with E-state index in [-0.39, 0.29) is 17.7 Å². The number of fused-ring (bicyclic) bond motifs is 1. The molecule has 2 heterocycles. The molecule has 0 spiro atoms. The Kier molecular flexibility index (Phi) is 4.28. The Morgan fingerprint density at radius 1 is 1.26 bits per heavy atom. The number of carbonyl (C=O) groups is 1. The van der Waals surface area contributed by atoms with Gasteiger partial charge >= 0.3 is 0 Å². The molecule has 1 aromatic carbocycles. The average molecular weight is 309 g/mol. The minimum absolute atomic E-state index is 0.0623. The van der Waals surface area contributed by atoms with Gasteiger partial charge in [0, 0.05) is 30.2 Å². The first-order valence-electron chi connectivity index (χ1n) is 7.63. The molecule has 2 aromatic heterocycles. The van der Waals surface area contributed by atoms with Gasteiger partial charge < -0.3 is 14.8 Å². The van der Waals surface area contributed by atoms with Crippen LogP contribution in [0.15, 0.2) is 55.0 Å². The molecule has 1 amide bonds. The number of aryl methyl sites for hydroxylation is 1. The van der Waals surface area contributed by atoms with Crippen LogP contribution in [0.5, 0.6) is 5.75 Å². The zero-order chi connectivity index (χ0) is 16.2. The smallest absolute Gasteiger partial charge is 0.251 e. The van der Waals surface area contributed by atoms with Crippen LogP contribution < -0.4 is 5.32 Å². The lowest BCUT2D eigenvalue weighted by Crippen LogP contribution is -2.32. The summed E-state index contributed by atoms with van der Waals surface area (Å²) in [5, 5.41) is 12.3. The van der Waals surface area contributed by atoms with E-state index in [0.29, 0.717) is 5.56 Å². The van der Waals surface area contributed by atoms with Gasteiger partial charge in [0.25, 0.3) is 5.91 Å². The Bertz CT molecular complexity index is 809. The summed E-state index contributed by atoms with van der Waals surface area (Å²) in [7, 11) is 0. The molecule has 3 aromatic rings. The fourth-order valence-electron chi connectivity index (χ4n) is 2.48. The summed E-state index contributed by atoms with van der Waals surface area (Å²) < 4.78 is 1.87. The molecule has 0 saturated carbocycles. The van der Waals surface area contributed by atoms with Gasteiger partial charge in [0.15, 0.2) is 0 Å². The van der Waals surface area contributed by atoms with Crippen molar-refractivity contribution in [3.05, 3.63) is 66.1 Å². The summed E-state index contributed by atoms with van der Waals surface area (Å²) in [6.45, 7) is 1.99. The summed E-state index contributed by atoms with van der Waals surface area (Å²) >= 11 is 0. The predicted octanol–water partition coefficient (Wildman–Crippen LogP) is 2.79. The molecule has 118 valence electrons. The van der Waals surface area contributed by atoms with E-state index in [2.05, 4.69) is 10.3 Å². The van der Waals surface area contributed by atoms with Crippen molar-refractivity contribution in [2.45, 2.75) is 25.8 Å². The maximum absolute atomic E-state index is 12.3. The van der Waals surface area contributed by atoms with Crippen LogP contribution in [0.2, 0.25) is 0 Å². The largest absolute Gasteiger partial charge is 0.508 e.